The lowest BCUT2D eigenvalue weighted by Crippen LogP contribution is -2.35. The maximum absolute atomic E-state index is 13.1. The van der Waals surface area contributed by atoms with Gasteiger partial charge in [0.15, 0.2) is 0 Å². The number of aromatic hydroxyl groups is 1. The minimum absolute atomic E-state index is 0.0479. The summed E-state index contributed by atoms with van der Waals surface area (Å²) >= 11 is 3.30. The second kappa shape index (κ2) is 6.98. The Bertz CT molecular complexity index is 1120. The molecule has 0 unspecified atom stereocenters. The van der Waals surface area contributed by atoms with E-state index < -0.39 is 5.97 Å². The van der Waals surface area contributed by atoms with Crippen molar-refractivity contribution in [1.29, 1.82) is 0 Å². The molecule has 6 nitrogen and oxygen atoms in total. The molecule has 0 bridgehead atoms. The molecule has 0 saturated carbocycles. The van der Waals surface area contributed by atoms with Gasteiger partial charge in [-0.3, -0.25) is 4.79 Å². The van der Waals surface area contributed by atoms with Crippen molar-refractivity contribution >= 4 is 38.7 Å². The van der Waals surface area contributed by atoms with Crippen LogP contribution < -0.4 is 0 Å². The number of phenols is 1. The first kappa shape index (κ1) is 18.6. The van der Waals surface area contributed by atoms with Crippen molar-refractivity contribution in [2.75, 3.05) is 13.7 Å². The Hall–Kier alpha value is -2.80. The van der Waals surface area contributed by atoms with Crippen LogP contribution in [0.25, 0.3) is 10.9 Å². The molecular weight excluding hydrogens is 424 g/mol. The summed E-state index contributed by atoms with van der Waals surface area (Å²) in [6.07, 6.45) is 0.678. The van der Waals surface area contributed by atoms with Gasteiger partial charge in [-0.2, -0.15) is 0 Å². The topological polar surface area (TPSA) is 82.6 Å². The number of hydrogen-bond acceptors (Lipinski definition) is 4. The van der Waals surface area contributed by atoms with E-state index in [0.29, 0.717) is 29.5 Å². The molecule has 1 aromatic heterocycles. The van der Waals surface area contributed by atoms with Crippen LogP contribution in [0.15, 0.2) is 34.8 Å². The lowest BCUT2D eigenvalue weighted by atomic mass is 10.0. The summed E-state index contributed by atoms with van der Waals surface area (Å²) in [7, 11) is 1.35. The van der Waals surface area contributed by atoms with Crippen LogP contribution in [-0.2, 0) is 17.7 Å². The molecule has 144 valence electrons. The van der Waals surface area contributed by atoms with Crippen molar-refractivity contribution < 1.29 is 19.4 Å². The number of fused-ring (bicyclic) bond motifs is 3. The zero-order chi connectivity index (χ0) is 20.0. The number of esters is 1. The number of aromatic nitrogens is 1. The van der Waals surface area contributed by atoms with Crippen LogP contribution in [-0.4, -0.2) is 40.5 Å². The van der Waals surface area contributed by atoms with E-state index in [1.165, 1.54) is 7.11 Å². The van der Waals surface area contributed by atoms with Gasteiger partial charge in [0.05, 0.1) is 22.7 Å². The summed E-state index contributed by atoms with van der Waals surface area (Å²) in [5.41, 5.74) is 4.63. The van der Waals surface area contributed by atoms with Gasteiger partial charge in [-0.05, 0) is 58.7 Å². The van der Waals surface area contributed by atoms with Gasteiger partial charge in [-0.15, -0.1) is 0 Å². The molecular formula is C21H19BrN2O4. The largest absolute Gasteiger partial charge is 0.506 e. The number of methoxy groups -OCH3 is 1. The van der Waals surface area contributed by atoms with Crippen LogP contribution >= 0.6 is 15.9 Å². The molecule has 0 saturated heterocycles. The van der Waals surface area contributed by atoms with Gasteiger partial charge in [0.2, 0.25) is 0 Å². The number of phenolic OH excluding ortho intramolecular Hbond substituents is 1. The van der Waals surface area contributed by atoms with Crippen LogP contribution in [0.1, 0.15) is 37.5 Å². The average molecular weight is 443 g/mol. The van der Waals surface area contributed by atoms with Gasteiger partial charge < -0.3 is 19.7 Å². The third kappa shape index (κ3) is 3.05. The molecule has 0 radical (unpaired) electrons. The smallest absolute Gasteiger partial charge is 0.337 e. The summed E-state index contributed by atoms with van der Waals surface area (Å²) in [5.74, 6) is -0.658. The third-order valence-electron chi connectivity index (χ3n) is 5.12. The van der Waals surface area contributed by atoms with Crippen LogP contribution in [0.3, 0.4) is 0 Å². The number of benzene rings is 2. The lowest BCUT2D eigenvalue weighted by Gasteiger charge is -2.28. The number of halogens is 1. The van der Waals surface area contributed by atoms with Crippen molar-refractivity contribution in [2.24, 2.45) is 0 Å². The van der Waals surface area contributed by atoms with E-state index in [1.54, 1.807) is 29.2 Å². The molecule has 2 heterocycles. The van der Waals surface area contributed by atoms with Crippen LogP contribution in [0.4, 0.5) is 0 Å². The Kier molecular flexibility index (Phi) is 4.63. The highest BCUT2D eigenvalue weighted by atomic mass is 79.9. The number of carbonyl (C=O) groups excluding carboxylic acids is 2. The molecule has 2 N–H and O–H groups in total. The van der Waals surface area contributed by atoms with E-state index in [0.717, 1.165) is 27.7 Å². The second-order valence-corrected chi connectivity index (χ2v) is 7.81. The van der Waals surface area contributed by atoms with Gasteiger partial charge in [0.25, 0.3) is 5.91 Å². The molecule has 7 heteroatoms. The molecule has 1 aliphatic heterocycles. The number of H-pyrrole nitrogens is 1. The van der Waals surface area contributed by atoms with Gasteiger partial charge in [0.1, 0.15) is 5.75 Å². The Morgan fingerprint density at radius 3 is 2.79 bits per heavy atom. The molecule has 0 fully saturated rings. The van der Waals surface area contributed by atoms with E-state index in [1.807, 2.05) is 13.0 Å². The summed E-state index contributed by atoms with van der Waals surface area (Å²) in [5, 5.41) is 11.2. The van der Waals surface area contributed by atoms with Gasteiger partial charge in [-0.25, -0.2) is 4.79 Å². The Morgan fingerprint density at radius 2 is 2.04 bits per heavy atom. The van der Waals surface area contributed by atoms with Crippen molar-refractivity contribution in [2.45, 2.75) is 19.9 Å². The van der Waals surface area contributed by atoms with Crippen LogP contribution in [0, 0.1) is 6.92 Å². The summed E-state index contributed by atoms with van der Waals surface area (Å²) in [6.45, 7) is 2.83. The standard InChI is InChI=1S/C21H19BrN2O4/c1-11-7-14(19(25)16(22)8-11)20(26)24-6-5-18-15(10-24)13-9-12(21(27)28-2)3-4-17(13)23-18/h3-4,7-9,23,25H,5-6,10H2,1-2H3. The van der Waals surface area contributed by atoms with Crippen LogP contribution in [0.5, 0.6) is 5.75 Å². The number of aryl methyl sites for hydroxylation is 1. The average Bonchev–Trinajstić information content (AvgIpc) is 3.06. The first-order chi connectivity index (χ1) is 13.4. The SMILES string of the molecule is COC(=O)c1ccc2[nH]c3c(c2c1)CN(C(=O)c1cc(C)cc(Br)c1O)CC3. The minimum atomic E-state index is -0.393. The van der Waals surface area contributed by atoms with Gasteiger partial charge in [-0.1, -0.05) is 0 Å². The number of ether oxygens (including phenoxy) is 1. The fourth-order valence-corrected chi connectivity index (χ4v) is 4.27. The Labute approximate surface area is 170 Å². The first-order valence-corrected chi connectivity index (χ1v) is 9.68. The molecule has 0 aliphatic carbocycles. The number of nitrogens with one attached hydrogen (secondary N) is 1. The maximum atomic E-state index is 13.1. The molecule has 0 spiro atoms. The maximum Gasteiger partial charge on any atom is 0.337 e. The molecule has 28 heavy (non-hydrogen) atoms. The van der Waals surface area contributed by atoms with E-state index >= 15 is 0 Å². The molecule has 2 aromatic carbocycles. The predicted molar refractivity (Wildman–Crippen MR) is 109 cm³/mol. The predicted octanol–water partition coefficient (Wildman–Crippen LogP) is 3.93. The highest BCUT2D eigenvalue weighted by molar-refractivity contribution is 9.10. The highest BCUT2D eigenvalue weighted by Crippen LogP contribution is 2.33. The van der Waals surface area contributed by atoms with E-state index in [4.69, 9.17) is 4.74 Å². The summed E-state index contributed by atoms with van der Waals surface area (Å²) in [6, 6.07) is 8.85. The molecule has 3 aromatic rings. The normalized spacial score (nSPS) is 13.5. The number of carbonyl (C=O) groups is 2. The Morgan fingerprint density at radius 1 is 1.25 bits per heavy atom. The number of amides is 1. The second-order valence-electron chi connectivity index (χ2n) is 6.95. The van der Waals surface area contributed by atoms with Crippen LogP contribution in [0.2, 0.25) is 0 Å². The summed E-state index contributed by atoms with van der Waals surface area (Å²) < 4.78 is 5.32. The van der Waals surface area contributed by atoms with E-state index in [-0.39, 0.29) is 17.2 Å². The molecule has 1 amide bonds. The Balaban J connectivity index is 1.71. The number of hydrogen-bond donors (Lipinski definition) is 2. The monoisotopic (exact) mass is 442 g/mol. The quantitative estimate of drug-likeness (QED) is 0.588. The van der Waals surface area contributed by atoms with E-state index in [2.05, 4.69) is 20.9 Å². The van der Waals surface area contributed by atoms with Gasteiger partial charge in [0, 0.05) is 41.7 Å². The van der Waals surface area contributed by atoms with Crippen molar-refractivity contribution in [3.63, 3.8) is 0 Å². The fourth-order valence-electron chi connectivity index (χ4n) is 3.70. The number of nitrogens with zero attached hydrogens (tertiary/aromatic N) is 1. The lowest BCUT2D eigenvalue weighted by molar-refractivity contribution is 0.0600. The molecule has 0 atom stereocenters. The molecule has 1 aliphatic rings. The van der Waals surface area contributed by atoms with Gasteiger partial charge >= 0.3 is 5.97 Å². The van der Waals surface area contributed by atoms with Crippen molar-refractivity contribution in [3.05, 3.63) is 62.8 Å². The number of rotatable bonds is 2. The van der Waals surface area contributed by atoms with Crippen molar-refractivity contribution in [1.82, 2.24) is 9.88 Å². The zero-order valence-corrected chi connectivity index (χ0v) is 17.1. The van der Waals surface area contributed by atoms with Crippen molar-refractivity contribution in [3.8, 4) is 5.75 Å². The third-order valence-corrected chi connectivity index (χ3v) is 5.73. The first-order valence-electron chi connectivity index (χ1n) is 8.89. The minimum Gasteiger partial charge on any atom is -0.506 e. The molecule has 4 rings (SSSR count). The number of aromatic amines is 1. The fraction of sp³-hybridized carbons (Fsp3) is 0.238. The highest BCUT2D eigenvalue weighted by Gasteiger charge is 2.27. The van der Waals surface area contributed by atoms with E-state index in [9.17, 15) is 14.7 Å². The summed E-state index contributed by atoms with van der Waals surface area (Å²) in [4.78, 5) is 30.1. The zero-order valence-electron chi connectivity index (χ0n) is 15.5.